The minimum Gasteiger partial charge on any atom is -0.326 e. The van der Waals surface area contributed by atoms with Crippen LogP contribution in [0.5, 0.6) is 0 Å². The Labute approximate surface area is 191 Å². The quantitative estimate of drug-likeness (QED) is 0.416. The number of aromatic nitrogens is 6. The van der Waals surface area contributed by atoms with Gasteiger partial charge >= 0.3 is 0 Å². The van der Waals surface area contributed by atoms with E-state index in [-0.39, 0.29) is 17.8 Å². The second-order valence-corrected chi connectivity index (χ2v) is 8.04. The second kappa shape index (κ2) is 8.28. The molecule has 0 saturated carbocycles. The van der Waals surface area contributed by atoms with Crippen molar-refractivity contribution in [2.75, 3.05) is 10.6 Å². The van der Waals surface area contributed by atoms with E-state index in [2.05, 4.69) is 30.8 Å². The first-order valence-electron chi connectivity index (χ1n) is 9.99. The van der Waals surface area contributed by atoms with E-state index in [4.69, 9.17) is 0 Å². The Morgan fingerprint density at radius 2 is 1.88 bits per heavy atom. The van der Waals surface area contributed by atoms with Gasteiger partial charge in [-0.15, -0.1) is 16.4 Å². The van der Waals surface area contributed by atoms with Gasteiger partial charge in [-0.1, -0.05) is 18.2 Å². The van der Waals surface area contributed by atoms with Gasteiger partial charge in [-0.2, -0.15) is 10.1 Å². The van der Waals surface area contributed by atoms with Gasteiger partial charge in [0.25, 0.3) is 11.9 Å². The summed E-state index contributed by atoms with van der Waals surface area (Å²) in [5, 5.41) is 16.2. The number of thiazole rings is 1. The van der Waals surface area contributed by atoms with Crippen LogP contribution in [0.2, 0.25) is 0 Å². The molecule has 1 aromatic carbocycles. The van der Waals surface area contributed by atoms with Crippen LogP contribution in [0.1, 0.15) is 23.0 Å². The molecule has 164 valence electrons. The Hall–Kier alpha value is -4.38. The number of hydrogen-bond donors (Lipinski definition) is 2. The van der Waals surface area contributed by atoms with Crippen LogP contribution in [0, 0.1) is 6.92 Å². The molecule has 0 bridgehead atoms. The zero-order valence-corrected chi connectivity index (χ0v) is 18.5. The Morgan fingerprint density at radius 1 is 1.06 bits per heavy atom. The first kappa shape index (κ1) is 20.5. The van der Waals surface area contributed by atoms with Crippen molar-refractivity contribution in [1.29, 1.82) is 0 Å². The van der Waals surface area contributed by atoms with Gasteiger partial charge in [0.15, 0.2) is 5.82 Å². The largest absolute Gasteiger partial charge is 0.326 e. The summed E-state index contributed by atoms with van der Waals surface area (Å²) >= 11 is 1.42. The summed E-state index contributed by atoms with van der Waals surface area (Å²) in [6.45, 7) is 3.27. The summed E-state index contributed by atoms with van der Waals surface area (Å²) in [5.74, 6) is 0.351. The van der Waals surface area contributed by atoms with Crippen molar-refractivity contribution < 1.29 is 9.59 Å². The van der Waals surface area contributed by atoms with E-state index in [0.29, 0.717) is 27.7 Å². The minimum atomic E-state index is -0.353. The van der Waals surface area contributed by atoms with Crippen molar-refractivity contribution >= 4 is 39.7 Å². The zero-order chi connectivity index (χ0) is 22.9. The predicted octanol–water partition coefficient (Wildman–Crippen LogP) is 3.56. The summed E-state index contributed by atoms with van der Waals surface area (Å²) in [6, 6.07) is 12.9. The fourth-order valence-corrected chi connectivity index (χ4v) is 4.20. The predicted molar refractivity (Wildman–Crippen MR) is 125 cm³/mol. The molecule has 0 saturated heterocycles. The smallest absolute Gasteiger partial charge is 0.261 e. The SMILES string of the molecule is CC(=O)Nc1ccc(-c2csc3nc(NC(=O)c4cnn(-c5ccccn5)c4C)nn23)cc1. The summed E-state index contributed by atoms with van der Waals surface area (Å²) in [6.07, 6.45) is 3.17. The molecule has 0 aliphatic carbocycles. The lowest BCUT2D eigenvalue weighted by Gasteiger charge is -2.04. The molecule has 0 aliphatic heterocycles. The van der Waals surface area contributed by atoms with Crippen molar-refractivity contribution in [2.24, 2.45) is 0 Å². The third-order valence-electron chi connectivity index (χ3n) is 4.93. The molecule has 0 fully saturated rings. The van der Waals surface area contributed by atoms with E-state index in [0.717, 1.165) is 11.3 Å². The monoisotopic (exact) mass is 458 g/mol. The Bertz CT molecular complexity index is 1470. The molecule has 0 aliphatic rings. The Kier molecular flexibility index (Phi) is 5.15. The third kappa shape index (κ3) is 3.96. The van der Waals surface area contributed by atoms with E-state index in [1.807, 2.05) is 47.8 Å². The van der Waals surface area contributed by atoms with Crippen LogP contribution in [0.15, 0.2) is 60.2 Å². The molecular formula is C22H18N8O2S. The molecule has 2 amide bonds. The van der Waals surface area contributed by atoms with Crippen LogP contribution in [0.3, 0.4) is 0 Å². The van der Waals surface area contributed by atoms with Crippen LogP contribution in [0.4, 0.5) is 11.6 Å². The van der Waals surface area contributed by atoms with Gasteiger partial charge in [-0.05, 0) is 31.2 Å². The van der Waals surface area contributed by atoms with Crippen LogP contribution in [0.25, 0.3) is 22.0 Å². The molecule has 0 atom stereocenters. The van der Waals surface area contributed by atoms with Crippen LogP contribution >= 0.6 is 11.3 Å². The number of benzene rings is 1. The molecule has 0 unspecified atom stereocenters. The molecule has 10 nitrogen and oxygen atoms in total. The van der Waals surface area contributed by atoms with E-state index >= 15 is 0 Å². The van der Waals surface area contributed by atoms with E-state index in [9.17, 15) is 9.59 Å². The molecule has 4 aromatic heterocycles. The number of fused-ring (bicyclic) bond motifs is 1. The normalized spacial score (nSPS) is 11.0. The van der Waals surface area contributed by atoms with Gasteiger partial charge in [0.05, 0.1) is 23.1 Å². The van der Waals surface area contributed by atoms with Crippen molar-refractivity contribution in [1.82, 2.24) is 29.4 Å². The highest BCUT2D eigenvalue weighted by Crippen LogP contribution is 2.27. The fourth-order valence-electron chi connectivity index (χ4n) is 3.37. The van der Waals surface area contributed by atoms with Crippen molar-refractivity contribution in [2.45, 2.75) is 13.8 Å². The second-order valence-electron chi connectivity index (χ2n) is 7.21. The zero-order valence-electron chi connectivity index (χ0n) is 17.7. The molecule has 5 rings (SSSR count). The molecule has 0 radical (unpaired) electrons. The van der Waals surface area contributed by atoms with Crippen LogP contribution < -0.4 is 10.6 Å². The first-order chi connectivity index (χ1) is 16.0. The Balaban J connectivity index is 1.38. The maximum atomic E-state index is 12.9. The van der Waals surface area contributed by atoms with Crippen molar-refractivity contribution in [3.05, 3.63) is 71.5 Å². The standard InChI is InChI=1S/C22H18N8O2S/c1-13-17(11-24-29(13)19-5-3-4-10-23-19)20(32)26-21-27-22-30(28-21)18(12-33-22)15-6-8-16(9-7-15)25-14(2)31/h3-12H,1-2H3,(H,25,31)(H,26,28,32). The molecule has 2 N–H and O–H groups in total. The summed E-state index contributed by atoms with van der Waals surface area (Å²) in [7, 11) is 0. The van der Waals surface area contributed by atoms with Gasteiger partial charge in [0.2, 0.25) is 10.9 Å². The molecule has 5 aromatic rings. The van der Waals surface area contributed by atoms with Crippen LogP contribution in [-0.4, -0.2) is 41.2 Å². The number of nitrogens with one attached hydrogen (secondary N) is 2. The van der Waals surface area contributed by atoms with Gasteiger partial charge in [0.1, 0.15) is 0 Å². The number of nitrogens with zero attached hydrogens (tertiary/aromatic N) is 6. The summed E-state index contributed by atoms with van der Waals surface area (Å²) in [5.41, 5.74) is 3.52. The average Bonchev–Trinajstić information content (AvgIpc) is 3.49. The lowest BCUT2D eigenvalue weighted by Crippen LogP contribution is -2.14. The van der Waals surface area contributed by atoms with Gasteiger partial charge in [-0.25, -0.2) is 14.2 Å². The van der Waals surface area contributed by atoms with Crippen molar-refractivity contribution in [3.63, 3.8) is 0 Å². The molecular weight excluding hydrogens is 440 g/mol. The van der Waals surface area contributed by atoms with Gasteiger partial charge < -0.3 is 5.32 Å². The highest BCUT2D eigenvalue weighted by Gasteiger charge is 2.19. The maximum Gasteiger partial charge on any atom is 0.261 e. The molecule has 4 heterocycles. The van der Waals surface area contributed by atoms with E-state index in [1.165, 1.54) is 24.5 Å². The highest BCUT2D eigenvalue weighted by atomic mass is 32.1. The summed E-state index contributed by atoms with van der Waals surface area (Å²) < 4.78 is 3.29. The number of amides is 2. The van der Waals surface area contributed by atoms with E-state index in [1.54, 1.807) is 22.3 Å². The number of carbonyl (C=O) groups is 2. The Morgan fingerprint density at radius 3 is 2.61 bits per heavy atom. The number of pyridine rings is 1. The van der Waals surface area contributed by atoms with Crippen molar-refractivity contribution in [3.8, 4) is 17.1 Å². The third-order valence-corrected chi connectivity index (χ3v) is 5.74. The van der Waals surface area contributed by atoms with Gasteiger partial charge in [0, 0.05) is 29.8 Å². The number of hydrogen-bond acceptors (Lipinski definition) is 7. The molecule has 0 spiro atoms. The molecule has 11 heteroatoms. The lowest BCUT2D eigenvalue weighted by molar-refractivity contribution is -0.114. The topological polar surface area (TPSA) is 119 Å². The van der Waals surface area contributed by atoms with E-state index < -0.39 is 0 Å². The maximum absolute atomic E-state index is 12.9. The first-order valence-corrected chi connectivity index (χ1v) is 10.9. The highest BCUT2D eigenvalue weighted by molar-refractivity contribution is 7.15. The number of rotatable bonds is 5. The average molecular weight is 459 g/mol. The minimum absolute atomic E-state index is 0.127. The summed E-state index contributed by atoms with van der Waals surface area (Å²) in [4.78, 5) is 33.4. The molecule has 33 heavy (non-hydrogen) atoms. The fraction of sp³-hybridized carbons (Fsp3) is 0.0909. The van der Waals surface area contributed by atoms with Crippen LogP contribution in [-0.2, 0) is 4.79 Å². The number of anilines is 2. The number of carbonyl (C=O) groups excluding carboxylic acids is 2. The van der Waals surface area contributed by atoms with Gasteiger partial charge in [-0.3, -0.25) is 14.9 Å². The lowest BCUT2D eigenvalue weighted by atomic mass is 10.1.